The summed E-state index contributed by atoms with van der Waals surface area (Å²) in [5.74, 6) is 1.39. The lowest BCUT2D eigenvalue weighted by Crippen LogP contribution is -2.54. The van der Waals surface area contributed by atoms with Gasteiger partial charge in [0.1, 0.15) is 0 Å². The Hall–Kier alpha value is -1.10. The van der Waals surface area contributed by atoms with Gasteiger partial charge in [0.05, 0.1) is 6.04 Å². The number of rotatable bonds is 3. The number of nitrogens with one attached hydrogen (secondary N) is 2. The molecular weight excluding hydrogens is 266 g/mol. The predicted octanol–water partition coefficient (Wildman–Crippen LogP) is 0.892. The number of hydrogen-bond donors (Lipinski definition) is 2. The summed E-state index contributed by atoms with van der Waals surface area (Å²) in [4.78, 5) is 26.3. The number of amides is 2. The Kier molecular flexibility index (Phi) is 4.48. The van der Waals surface area contributed by atoms with E-state index in [1.807, 2.05) is 4.90 Å². The van der Waals surface area contributed by atoms with Crippen molar-refractivity contribution >= 4 is 11.8 Å². The summed E-state index contributed by atoms with van der Waals surface area (Å²) in [5.41, 5.74) is 0. The fourth-order valence-corrected chi connectivity index (χ4v) is 3.42. The molecule has 118 valence electrons. The molecule has 2 heterocycles. The van der Waals surface area contributed by atoms with Crippen LogP contribution in [0.3, 0.4) is 0 Å². The quantitative estimate of drug-likeness (QED) is 0.812. The summed E-state index contributed by atoms with van der Waals surface area (Å²) >= 11 is 0. The second kappa shape index (κ2) is 6.34. The van der Waals surface area contributed by atoms with Crippen molar-refractivity contribution < 1.29 is 9.59 Å². The molecule has 0 aromatic heterocycles. The van der Waals surface area contributed by atoms with Crippen LogP contribution in [0.25, 0.3) is 0 Å². The summed E-state index contributed by atoms with van der Waals surface area (Å²) in [5, 5.41) is 6.49. The van der Waals surface area contributed by atoms with Gasteiger partial charge in [-0.05, 0) is 51.0 Å². The van der Waals surface area contributed by atoms with Crippen LogP contribution in [-0.2, 0) is 9.59 Å². The molecule has 2 atom stereocenters. The van der Waals surface area contributed by atoms with Crippen LogP contribution in [0.5, 0.6) is 0 Å². The summed E-state index contributed by atoms with van der Waals surface area (Å²) in [6, 6.07) is 0.270. The third-order valence-electron chi connectivity index (χ3n) is 5.07. The van der Waals surface area contributed by atoms with Crippen molar-refractivity contribution in [3.05, 3.63) is 0 Å². The summed E-state index contributed by atoms with van der Waals surface area (Å²) in [6.07, 6.45) is 6.01. The van der Waals surface area contributed by atoms with Crippen LogP contribution in [0.4, 0.5) is 0 Å². The first-order valence-electron chi connectivity index (χ1n) is 8.46. The highest BCUT2D eigenvalue weighted by atomic mass is 16.2. The number of nitrogens with zero attached hydrogens (tertiary/aromatic N) is 1. The van der Waals surface area contributed by atoms with E-state index in [1.165, 1.54) is 6.42 Å². The van der Waals surface area contributed by atoms with Gasteiger partial charge in [-0.2, -0.15) is 0 Å². The van der Waals surface area contributed by atoms with Crippen molar-refractivity contribution in [3.63, 3.8) is 0 Å². The van der Waals surface area contributed by atoms with Crippen molar-refractivity contribution in [3.8, 4) is 0 Å². The number of likely N-dealkylation sites (tertiary alicyclic amines) is 1. The Bertz CT molecular complexity index is 400. The minimum Gasteiger partial charge on any atom is -0.353 e. The van der Waals surface area contributed by atoms with E-state index in [4.69, 9.17) is 0 Å². The standard InChI is InChI=1S/C16H27N3O2/c1-11-4-7-17-14(10-11)16(21)19-8-5-13(6-9-19)18-15(20)12-2-3-12/h11-14,17H,2-10H2,1H3,(H,18,20). The predicted molar refractivity (Wildman–Crippen MR) is 80.7 cm³/mol. The summed E-state index contributed by atoms with van der Waals surface area (Å²) in [6.45, 7) is 4.73. The van der Waals surface area contributed by atoms with Gasteiger partial charge in [0.15, 0.2) is 0 Å². The van der Waals surface area contributed by atoms with Crippen molar-refractivity contribution in [2.45, 2.75) is 57.5 Å². The molecule has 5 nitrogen and oxygen atoms in total. The molecule has 2 N–H and O–H groups in total. The van der Waals surface area contributed by atoms with Gasteiger partial charge in [-0.15, -0.1) is 0 Å². The maximum atomic E-state index is 12.5. The molecule has 2 saturated heterocycles. The SMILES string of the molecule is CC1CCNC(C(=O)N2CCC(NC(=O)C3CC3)CC2)C1. The van der Waals surface area contributed by atoms with Gasteiger partial charge >= 0.3 is 0 Å². The van der Waals surface area contributed by atoms with Crippen LogP contribution in [0, 0.1) is 11.8 Å². The third kappa shape index (κ3) is 3.76. The molecule has 5 heteroatoms. The molecule has 0 spiro atoms. The molecule has 1 aliphatic carbocycles. The topological polar surface area (TPSA) is 61.4 Å². The van der Waals surface area contributed by atoms with Crippen LogP contribution < -0.4 is 10.6 Å². The lowest BCUT2D eigenvalue weighted by Gasteiger charge is -2.36. The Morgan fingerprint density at radius 1 is 1.10 bits per heavy atom. The van der Waals surface area contributed by atoms with E-state index in [-0.39, 0.29) is 29.8 Å². The molecule has 0 radical (unpaired) electrons. The zero-order valence-corrected chi connectivity index (χ0v) is 12.9. The van der Waals surface area contributed by atoms with E-state index < -0.39 is 0 Å². The van der Waals surface area contributed by atoms with Crippen molar-refractivity contribution in [1.29, 1.82) is 0 Å². The van der Waals surface area contributed by atoms with Crippen molar-refractivity contribution in [2.75, 3.05) is 19.6 Å². The number of hydrogen-bond acceptors (Lipinski definition) is 3. The summed E-state index contributed by atoms with van der Waals surface area (Å²) < 4.78 is 0. The smallest absolute Gasteiger partial charge is 0.239 e. The van der Waals surface area contributed by atoms with Crippen LogP contribution >= 0.6 is 0 Å². The Morgan fingerprint density at radius 3 is 2.43 bits per heavy atom. The molecule has 3 fully saturated rings. The van der Waals surface area contributed by atoms with Crippen LogP contribution in [0.1, 0.15) is 45.4 Å². The van der Waals surface area contributed by atoms with Crippen LogP contribution in [0.2, 0.25) is 0 Å². The monoisotopic (exact) mass is 293 g/mol. The molecule has 0 aromatic rings. The van der Waals surface area contributed by atoms with Gasteiger partial charge in [0.25, 0.3) is 0 Å². The fourth-order valence-electron chi connectivity index (χ4n) is 3.42. The lowest BCUT2D eigenvalue weighted by molar-refractivity contribution is -0.135. The first kappa shape index (κ1) is 14.8. The van der Waals surface area contributed by atoms with Gasteiger partial charge in [-0.3, -0.25) is 9.59 Å². The highest BCUT2D eigenvalue weighted by molar-refractivity contribution is 5.82. The average molecular weight is 293 g/mol. The number of carbonyl (C=O) groups excluding carboxylic acids is 2. The maximum absolute atomic E-state index is 12.5. The zero-order chi connectivity index (χ0) is 14.8. The van der Waals surface area contributed by atoms with Crippen LogP contribution in [0.15, 0.2) is 0 Å². The van der Waals surface area contributed by atoms with Gasteiger partial charge in [0.2, 0.25) is 11.8 Å². The average Bonchev–Trinajstić information content (AvgIpc) is 3.32. The highest BCUT2D eigenvalue weighted by Gasteiger charge is 2.34. The molecule has 2 amide bonds. The van der Waals surface area contributed by atoms with E-state index in [9.17, 15) is 9.59 Å². The number of piperidine rings is 2. The van der Waals surface area contributed by atoms with Crippen LogP contribution in [-0.4, -0.2) is 48.4 Å². The van der Waals surface area contributed by atoms with Gasteiger partial charge in [-0.25, -0.2) is 0 Å². The first-order chi connectivity index (χ1) is 10.1. The molecule has 1 saturated carbocycles. The molecule has 3 aliphatic rings. The second-order valence-corrected chi connectivity index (χ2v) is 7.02. The molecule has 0 aromatic carbocycles. The second-order valence-electron chi connectivity index (χ2n) is 7.02. The van der Waals surface area contributed by atoms with E-state index in [0.717, 1.165) is 51.7 Å². The van der Waals surface area contributed by atoms with Gasteiger partial charge < -0.3 is 15.5 Å². The molecule has 2 unspecified atom stereocenters. The third-order valence-corrected chi connectivity index (χ3v) is 5.07. The van der Waals surface area contributed by atoms with Gasteiger partial charge in [0, 0.05) is 25.0 Å². The Labute approximate surface area is 126 Å². The van der Waals surface area contributed by atoms with E-state index in [2.05, 4.69) is 17.6 Å². The molecule has 0 bridgehead atoms. The van der Waals surface area contributed by atoms with E-state index in [0.29, 0.717) is 5.92 Å². The minimum atomic E-state index is 0.00588. The normalized spacial score (nSPS) is 31.0. The van der Waals surface area contributed by atoms with Crippen molar-refractivity contribution in [1.82, 2.24) is 15.5 Å². The zero-order valence-electron chi connectivity index (χ0n) is 12.9. The van der Waals surface area contributed by atoms with E-state index >= 15 is 0 Å². The molecular formula is C16H27N3O2. The lowest BCUT2D eigenvalue weighted by atomic mass is 9.93. The van der Waals surface area contributed by atoms with Gasteiger partial charge in [-0.1, -0.05) is 6.92 Å². The fraction of sp³-hybridized carbons (Fsp3) is 0.875. The Balaban J connectivity index is 1.44. The molecule has 21 heavy (non-hydrogen) atoms. The first-order valence-corrected chi connectivity index (χ1v) is 8.46. The largest absolute Gasteiger partial charge is 0.353 e. The molecule has 2 aliphatic heterocycles. The maximum Gasteiger partial charge on any atom is 0.239 e. The Morgan fingerprint density at radius 2 is 1.81 bits per heavy atom. The number of carbonyl (C=O) groups is 2. The minimum absolute atomic E-state index is 0.00588. The van der Waals surface area contributed by atoms with Crippen molar-refractivity contribution in [2.24, 2.45) is 11.8 Å². The highest BCUT2D eigenvalue weighted by Crippen LogP contribution is 2.29. The summed E-state index contributed by atoms with van der Waals surface area (Å²) in [7, 11) is 0. The van der Waals surface area contributed by atoms with E-state index in [1.54, 1.807) is 0 Å². The molecule has 3 rings (SSSR count).